The lowest BCUT2D eigenvalue weighted by atomic mass is 9.89. The van der Waals surface area contributed by atoms with E-state index in [9.17, 15) is 18.0 Å². The van der Waals surface area contributed by atoms with Crippen LogP contribution in [0.15, 0.2) is 24.3 Å². The Morgan fingerprint density at radius 2 is 2.05 bits per heavy atom. The fourth-order valence-corrected chi connectivity index (χ4v) is 2.60. The Bertz CT molecular complexity index is 468. The largest absolute Gasteiger partial charge is 0.573 e. The molecule has 0 amide bonds. The summed E-state index contributed by atoms with van der Waals surface area (Å²) in [6, 6.07) is 5.31. The van der Waals surface area contributed by atoms with Crippen molar-refractivity contribution in [2.24, 2.45) is 11.8 Å². The van der Waals surface area contributed by atoms with Crippen molar-refractivity contribution < 1.29 is 22.7 Å². The Morgan fingerprint density at radius 1 is 1.32 bits per heavy atom. The highest BCUT2D eigenvalue weighted by molar-refractivity contribution is 5.98. The third-order valence-electron chi connectivity index (χ3n) is 3.55. The van der Waals surface area contributed by atoms with Crippen molar-refractivity contribution in [1.82, 2.24) is 0 Å². The van der Waals surface area contributed by atoms with E-state index >= 15 is 0 Å². The average molecular weight is 272 g/mol. The second-order valence-electron chi connectivity index (χ2n) is 4.95. The first kappa shape index (κ1) is 13.9. The van der Waals surface area contributed by atoms with Crippen LogP contribution in [0, 0.1) is 11.8 Å². The molecule has 1 aromatic rings. The van der Waals surface area contributed by atoms with Crippen LogP contribution in [-0.2, 0) is 0 Å². The minimum absolute atomic E-state index is 0.0823. The molecule has 0 aromatic heterocycles. The normalized spacial score (nSPS) is 23.4. The van der Waals surface area contributed by atoms with Gasteiger partial charge in [0.15, 0.2) is 5.78 Å². The van der Waals surface area contributed by atoms with Gasteiger partial charge in [-0.15, -0.1) is 13.2 Å². The van der Waals surface area contributed by atoms with Crippen LogP contribution >= 0.6 is 0 Å². The molecule has 0 bridgehead atoms. The zero-order valence-corrected chi connectivity index (χ0v) is 10.5. The molecule has 2 unspecified atom stereocenters. The smallest absolute Gasteiger partial charge is 0.406 e. The molecule has 0 N–H and O–H groups in total. The van der Waals surface area contributed by atoms with Gasteiger partial charge in [0.1, 0.15) is 5.75 Å². The zero-order valence-electron chi connectivity index (χ0n) is 10.5. The predicted octanol–water partition coefficient (Wildman–Crippen LogP) is 4.20. The molecule has 1 aliphatic carbocycles. The van der Waals surface area contributed by atoms with E-state index in [2.05, 4.69) is 4.74 Å². The van der Waals surface area contributed by atoms with Crippen LogP contribution in [0.4, 0.5) is 13.2 Å². The quantitative estimate of drug-likeness (QED) is 0.771. The third-order valence-corrected chi connectivity index (χ3v) is 3.55. The highest BCUT2D eigenvalue weighted by Gasteiger charge is 2.33. The molecule has 19 heavy (non-hydrogen) atoms. The molecule has 1 fully saturated rings. The van der Waals surface area contributed by atoms with Gasteiger partial charge in [0.05, 0.1) is 0 Å². The molecule has 0 spiro atoms. The van der Waals surface area contributed by atoms with Gasteiger partial charge in [0, 0.05) is 11.5 Å². The maximum atomic E-state index is 12.2. The predicted molar refractivity (Wildman–Crippen MR) is 64.0 cm³/mol. The van der Waals surface area contributed by atoms with Crippen LogP contribution in [0.2, 0.25) is 0 Å². The molecular formula is C14H15F3O2. The second-order valence-corrected chi connectivity index (χ2v) is 4.95. The molecular weight excluding hydrogens is 257 g/mol. The number of Topliss-reactive ketones (excluding diaryl/α,β-unsaturated/α-hetero) is 1. The summed E-state index contributed by atoms with van der Waals surface area (Å²) in [7, 11) is 0. The first-order chi connectivity index (χ1) is 8.87. The molecule has 5 heteroatoms. The van der Waals surface area contributed by atoms with Crippen molar-refractivity contribution in [3.8, 4) is 5.75 Å². The number of hydrogen-bond donors (Lipinski definition) is 0. The summed E-state index contributed by atoms with van der Waals surface area (Å²) in [4.78, 5) is 12.2. The molecule has 1 aliphatic rings. The summed E-state index contributed by atoms with van der Waals surface area (Å²) in [5.74, 6) is -0.220. The average Bonchev–Trinajstić information content (AvgIpc) is 2.72. The maximum Gasteiger partial charge on any atom is 0.573 e. The number of hydrogen-bond acceptors (Lipinski definition) is 2. The standard InChI is InChI=1S/C14H15F3O2/c1-9-4-2-7-12(9)13(18)10-5-3-6-11(8-10)19-14(15,16)17/h3,5-6,8-9,12H,2,4,7H2,1H3. The molecule has 0 radical (unpaired) electrons. The number of ether oxygens (including phenoxy) is 1. The van der Waals surface area contributed by atoms with Crippen LogP contribution in [-0.4, -0.2) is 12.1 Å². The van der Waals surface area contributed by atoms with Crippen LogP contribution in [0.5, 0.6) is 5.75 Å². The molecule has 0 aliphatic heterocycles. The van der Waals surface area contributed by atoms with Gasteiger partial charge in [0.25, 0.3) is 0 Å². The highest BCUT2D eigenvalue weighted by atomic mass is 19.4. The topological polar surface area (TPSA) is 26.3 Å². The number of benzene rings is 1. The van der Waals surface area contributed by atoms with E-state index in [1.807, 2.05) is 6.92 Å². The van der Waals surface area contributed by atoms with E-state index in [0.717, 1.165) is 19.3 Å². The monoisotopic (exact) mass is 272 g/mol. The Balaban J connectivity index is 2.16. The minimum atomic E-state index is -4.73. The van der Waals surface area contributed by atoms with Crippen LogP contribution in [0.1, 0.15) is 36.5 Å². The minimum Gasteiger partial charge on any atom is -0.406 e. The van der Waals surface area contributed by atoms with Crippen LogP contribution in [0.3, 0.4) is 0 Å². The Morgan fingerprint density at radius 3 is 2.63 bits per heavy atom. The first-order valence-corrected chi connectivity index (χ1v) is 6.27. The Kier molecular flexibility index (Phi) is 3.83. The number of ketones is 1. The van der Waals surface area contributed by atoms with Gasteiger partial charge < -0.3 is 4.74 Å². The fraction of sp³-hybridized carbons (Fsp3) is 0.500. The van der Waals surface area contributed by atoms with Gasteiger partial charge >= 0.3 is 6.36 Å². The molecule has 1 saturated carbocycles. The lowest BCUT2D eigenvalue weighted by molar-refractivity contribution is -0.274. The van der Waals surface area contributed by atoms with Crippen molar-refractivity contribution in [3.63, 3.8) is 0 Å². The number of alkyl halides is 3. The highest BCUT2D eigenvalue weighted by Crippen LogP contribution is 2.34. The lowest BCUT2D eigenvalue weighted by Crippen LogP contribution is -2.19. The molecule has 0 saturated heterocycles. The van der Waals surface area contributed by atoms with Gasteiger partial charge in [0.2, 0.25) is 0 Å². The Labute approximate surface area is 109 Å². The third kappa shape index (κ3) is 3.49. The fourth-order valence-electron chi connectivity index (χ4n) is 2.60. The van der Waals surface area contributed by atoms with E-state index in [4.69, 9.17) is 0 Å². The molecule has 2 atom stereocenters. The molecule has 2 nitrogen and oxygen atoms in total. The molecule has 0 heterocycles. The van der Waals surface area contributed by atoms with Gasteiger partial charge in [-0.3, -0.25) is 4.79 Å². The van der Waals surface area contributed by atoms with Gasteiger partial charge in [-0.1, -0.05) is 25.5 Å². The van der Waals surface area contributed by atoms with Crippen molar-refractivity contribution in [3.05, 3.63) is 29.8 Å². The van der Waals surface area contributed by atoms with E-state index < -0.39 is 6.36 Å². The summed E-state index contributed by atoms with van der Waals surface area (Å²) >= 11 is 0. The van der Waals surface area contributed by atoms with Crippen LogP contribution in [0.25, 0.3) is 0 Å². The van der Waals surface area contributed by atoms with E-state index in [-0.39, 0.29) is 17.5 Å². The summed E-state index contributed by atoms with van der Waals surface area (Å²) in [5, 5.41) is 0. The molecule has 2 rings (SSSR count). The van der Waals surface area contributed by atoms with Crippen molar-refractivity contribution >= 4 is 5.78 Å². The molecule has 104 valence electrons. The van der Waals surface area contributed by atoms with Crippen molar-refractivity contribution in [2.75, 3.05) is 0 Å². The van der Waals surface area contributed by atoms with E-state index in [0.29, 0.717) is 11.5 Å². The summed E-state index contributed by atoms with van der Waals surface area (Å²) < 4.78 is 40.2. The Hall–Kier alpha value is -1.52. The zero-order chi connectivity index (χ0) is 14.0. The number of halogens is 3. The number of rotatable bonds is 3. The van der Waals surface area contributed by atoms with Crippen molar-refractivity contribution in [1.29, 1.82) is 0 Å². The second kappa shape index (κ2) is 5.23. The summed E-state index contributed by atoms with van der Waals surface area (Å²) in [6.07, 6.45) is -1.93. The molecule has 1 aromatic carbocycles. The van der Waals surface area contributed by atoms with Gasteiger partial charge in [-0.05, 0) is 30.9 Å². The SMILES string of the molecule is CC1CCCC1C(=O)c1cccc(OC(F)(F)F)c1. The van der Waals surface area contributed by atoms with Gasteiger partial charge in [-0.25, -0.2) is 0 Å². The van der Waals surface area contributed by atoms with E-state index in [1.54, 1.807) is 0 Å². The van der Waals surface area contributed by atoms with E-state index in [1.165, 1.54) is 24.3 Å². The summed E-state index contributed by atoms with van der Waals surface area (Å²) in [5.41, 5.74) is 0.292. The van der Waals surface area contributed by atoms with Crippen molar-refractivity contribution in [2.45, 2.75) is 32.5 Å². The van der Waals surface area contributed by atoms with Crippen LogP contribution < -0.4 is 4.74 Å². The van der Waals surface area contributed by atoms with Gasteiger partial charge in [-0.2, -0.15) is 0 Å². The lowest BCUT2D eigenvalue weighted by Gasteiger charge is -2.15. The number of carbonyl (C=O) groups is 1. The maximum absolute atomic E-state index is 12.2. The number of carbonyl (C=O) groups excluding carboxylic acids is 1. The summed E-state index contributed by atoms with van der Waals surface area (Å²) in [6.45, 7) is 2.01. The first-order valence-electron chi connectivity index (χ1n) is 6.27.